The van der Waals surface area contributed by atoms with Gasteiger partial charge in [0.05, 0.1) is 30.5 Å². The monoisotopic (exact) mass is 522 g/mol. The number of sulfonamides is 1. The van der Waals surface area contributed by atoms with E-state index < -0.39 is 20.2 Å². The molecule has 0 aromatic carbocycles. The second-order valence-electron chi connectivity index (χ2n) is 10.7. The minimum absolute atomic E-state index is 0.0322. The van der Waals surface area contributed by atoms with Gasteiger partial charge in [0.15, 0.2) is 0 Å². The highest BCUT2D eigenvalue weighted by Crippen LogP contribution is 2.37. The molecule has 10 atom stereocenters. The number of fused-ring (bicyclic) bond motifs is 2. The molecule has 34 heavy (non-hydrogen) atoms. The van der Waals surface area contributed by atoms with Crippen LogP contribution in [-0.2, 0) is 14.8 Å². The third-order valence-electron chi connectivity index (χ3n) is 8.22. The summed E-state index contributed by atoms with van der Waals surface area (Å²) in [7, 11) is -3.50. The van der Waals surface area contributed by atoms with Crippen LogP contribution in [0.4, 0.5) is 0 Å². The lowest BCUT2D eigenvalue weighted by Gasteiger charge is -2.43. The Kier molecular flexibility index (Phi) is 7.77. The lowest BCUT2D eigenvalue weighted by atomic mass is 9.75. The number of thioether (sulfide) groups is 1. The van der Waals surface area contributed by atoms with Crippen molar-refractivity contribution in [2.24, 2.45) is 11.1 Å². The van der Waals surface area contributed by atoms with Gasteiger partial charge in [-0.3, -0.25) is 26.6 Å². The Morgan fingerprint density at radius 3 is 2.88 bits per heavy atom. The van der Waals surface area contributed by atoms with Crippen LogP contribution in [-0.4, -0.2) is 92.1 Å². The fraction of sp³-hybridized carbons (Fsp3) is 1.00. The first kappa shape index (κ1) is 25.5. The molecular weight excluding hydrogens is 480 g/mol. The molecule has 6 unspecified atom stereocenters. The third-order valence-corrected chi connectivity index (χ3v) is 11.7. The van der Waals surface area contributed by atoms with E-state index in [1.807, 2.05) is 0 Å². The van der Waals surface area contributed by atoms with Gasteiger partial charge in [-0.05, 0) is 25.7 Å². The van der Waals surface area contributed by atoms with Gasteiger partial charge in [0, 0.05) is 37.2 Å². The molecule has 5 aliphatic rings. The van der Waals surface area contributed by atoms with Gasteiger partial charge in [-0.15, -0.1) is 11.8 Å². The topological polar surface area (TPSA) is 194 Å². The van der Waals surface area contributed by atoms with Crippen LogP contribution < -0.4 is 42.8 Å². The van der Waals surface area contributed by atoms with Crippen molar-refractivity contribution < 1.29 is 29.3 Å². The molecule has 0 radical (unpaired) electrons. The Morgan fingerprint density at radius 1 is 1.26 bits per heavy atom. The average Bonchev–Trinajstić information content (AvgIpc) is 3.54. The maximum atomic E-state index is 11.6. The fourth-order valence-electron chi connectivity index (χ4n) is 6.39. The van der Waals surface area contributed by atoms with Gasteiger partial charge < -0.3 is 20.9 Å². The Balaban J connectivity index is 1.13. The van der Waals surface area contributed by atoms with Gasteiger partial charge in [-0.1, -0.05) is 0 Å². The number of ether oxygens (including phenoxy) is 1. The summed E-state index contributed by atoms with van der Waals surface area (Å²) >= 11 is 1.43. The van der Waals surface area contributed by atoms with Crippen molar-refractivity contribution in [1.29, 1.82) is 0 Å². The zero-order valence-electron chi connectivity index (χ0n) is 19.6. The second-order valence-corrected chi connectivity index (χ2v) is 14.3. The molecule has 0 aromatic rings. The minimum atomic E-state index is -3.50. The summed E-state index contributed by atoms with van der Waals surface area (Å²) in [6, 6.07) is 1.25. The van der Waals surface area contributed by atoms with Gasteiger partial charge in [-0.25, -0.2) is 13.6 Å². The summed E-state index contributed by atoms with van der Waals surface area (Å²) < 4.78 is 29.1. The molecular formula is C20H42N8O4S2+2. The van der Waals surface area contributed by atoms with Gasteiger partial charge >= 0.3 is 0 Å². The number of aliphatic hydroxyl groups is 1. The second kappa shape index (κ2) is 10.3. The molecule has 4 heterocycles. The molecule has 12 nitrogen and oxygen atoms in total. The smallest absolute Gasteiger partial charge is 0.221 e. The standard InChI is InChI=1S/C20H40N8O4S2/c21-7-12-5-11-6-20(29,4-3-14(11)26-12)9-32-18-16-17(25-10-24-16)27-19(28-18)23-8-13-1-2-15(33-13)34(22,30)31/h11-19,23-29H,1-10,21H2,(H2,22,30,31)/p+2/t11-,12+,13?,14-,15?,16?,17?,18?,19?,20+/m1/s1. The van der Waals surface area contributed by atoms with Gasteiger partial charge in [-0.2, -0.15) is 0 Å². The van der Waals surface area contributed by atoms with Crippen molar-refractivity contribution in [2.75, 3.05) is 26.4 Å². The minimum Gasteiger partial charge on any atom is -0.387 e. The summed E-state index contributed by atoms with van der Waals surface area (Å²) in [6.45, 7) is 2.60. The van der Waals surface area contributed by atoms with Crippen LogP contribution in [0.3, 0.4) is 0 Å². The quantitative estimate of drug-likeness (QED) is 0.149. The van der Waals surface area contributed by atoms with E-state index in [9.17, 15) is 13.5 Å². The highest BCUT2D eigenvalue weighted by atomic mass is 32.3. The van der Waals surface area contributed by atoms with Crippen LogP contribution in [0.15, 0.2) is 0 Å². The van der Waals surface area contributed by atoms with E-state index in [0.717, 1.165) is 38.6 Å². The fourth-order valence-corrected chi connectivity index (χ4v) is 9.11. The summed E-state index contributed by atoms with van der Waals surface area (Å²) in [5, 5.41) is 36.6. The summed E-state index contributed by atoms with van der Waals surface area (Å²) in [4.78, 5) is 0. The predicted octanol–water partition coefficient (Wildman–Crippen LogP) is -4.77. The molecule has 5 fully saturated rings. The SMILES string of the molecule is NS(=O)(=O)C1CCC(CNC2NC3NCNC3C(OC[C@]3(O)CC[C@H]4[NH2+][C@H](C[NH3+])C[C@@H]4C3)N2)S1. The number of nitrogens with two attached hydrogens (primary N) is 2. The number of quaternary nitrogens is 2. The van der Waals surface area contributed by atoms with Gasteiger partial charge in [0.2, 0.25) is 10.0 Å². The van der Waals surface area contributed by atoms with Crippen LogP contribution in [0.2, 0.25) is 0 Å². The molecule has 14 heteroatoms. The molecule has 1 saturated carbocycles. The zero-order chi connectivity index (χ0) is 23.9. The molecule has 4 aliphatic heterocycles. The summed E-state index contributed by atoms with van der Waals surface area (Å²) in [5.41, 5.74) is 3.28. The first-order valence-electron chi connectivity index (χ1n) is 12.6. The van der Waals surface area contributed by atoms with Gasteiger partial charge in [0.25, 0.3) is 0 Å². The first-order valence-corrected chi connectivity index (χ1v) is 15.2. The third kappa shape index (κ3) is 5.73. The maximum Gasteiger partial charge on any atom is 0.221 e. The van der Waals surface area contributed by atoms with E-state index in [2.05, 4.69) is 37.6 Å². The van der Waals surface area contributed by atoms with E-state index in [4.69, 9.17) is 9.88 Å². The lowest BCUT2D eigenvalue weighted by Crippen LogP contribution is -2.95. The highest BCUT2D eigenvalue weighted by Gasteiger charge is 2.48. The van der Waals surface area contributed by atoms with Crippen LogP contribution >= 0.6 is 11.8 Å². The van der Waals surface area contributed by atoms with Crippen molar-refractivity contribution in [3.8, 4) is 0 Å². The van der Waals surface area contributed by atoms with Crippen molar-refractivity contribution in [2.45, 2.75) is 90.8 Å². The Hall–Kier alpha value is -0.100. The number of primary sulfonamides is 1. The molecule has 5 rings (SSSR count). The molecule has 0 amide bonds. The van der Waals surface area contributed by atoms with Gasteiger partial charge in [0.1, 0.15) is 29.7 Å². The predicted molar refractivity (Wildman–Crippen MR) is 128 cm³/mol. The zero-order valence-corrected chi connectivity index (χ0v) is 21.3. The maximum absolute atomic E-state index is 11.6. The number of hydrogen-bond acceptors (Lipinski definition) is 10. The van der Waals surface area contributed by atoms with E-state index in [1.165, 1.54) is 11.8 Å². The molecule has 13 N–H and O–H groups in total. The lowest BCUT2D eigenvalue weighted by molar-refractivity contribution is -0.719. The Labute approximate surface area is 205 Å². The van der Waals surface area contributed by atoms with Crippen molar-refractivity contribution in [3.05, 3.63) is 0 Å². The Morgan fingerprint density at radius 2 is 2.12 bits per heavy atom. The first-order chi connectivity index (χ1) is 16.2. The molecule has 0 spiro atoms. The number of nitrogens with one attached hydrogen (secondary N) is 5. The number of rotatable bonds is 8. The van der Waals surface area contributed by atoms with Crippen LogP contribution in [0.25, 0.3) is 0 Å². The van der Waals surface area contributed by atoms with Crippen molar-refractivity contribution >= 4 is 21.8 Å². The number of hydrogen-bond donors (Lipinski definition) is 9. The molecule has 4 saturated heterocycles. The van der Waals surface area contributed by atoms with Crippen molar-refractivity contribution in [1.82, 2.24) is 26.6 Å². The molecule has 196 valence electrons. The summed E-state index contributed by atoms with van der Waals surface area (Å²) in [5.74, 6) is 0.536. The van der Waals surface area contributed by atoms with Crippen molar-refractivity contribution in [3.63, 3.8) is 0 Å². The highest BCUT2D eigenvalue weighted by molar-refractivity contribution is 8.13. The normalized spacial score (nSPS) is 47.0. The molecule has 1 aliphatic carbocycles. The van der Waals surface area contributed by atoms with E-state index >= 15 is 0 Å². The van der Waals surface area contributed by atoms with E-state index in [1.54, 1.807) is 0 Å². The van der Waals surface area contributed by atoms with Crippen LogP contribution in [0.5, 0.6) is 0 Å². The summed E-state index contributed by atoms with van der Waals surface area (Å²) in [6.07, 6.45) is 4.70. The molecule has 0 bridgehead atoms. The average molecular weight is 523 g/mol. The van der Waals surface area contributed by atoms with Crippen LogP contribution in [0.1, 0.15) is 38.5 Å². The van der Waals surface area contributed by atoms with E-state index in [0.29, 0.717) is 44.2 Å². The Bertz CT molecular complexity index is 824. The van der Waals surface area contributed by atoms with E-state index in [-0.39, 0.29) is 30.0 Å². The van der Waals surface area contributed by atoms with Crippen LogP contribution in [0, 0.1) is 5.92 Å². The largest absolute Gasteiger partial charge is 0.387 e. The molecule has 0 aromatic heterocycles.